The number of nitrogens with one attached hydrogen (secondary N) is 1. The van der Waals surface area contributed by atoms with E-state index in [0.717, 1.165) is 6.04 Å². The fourth-order valence-corrected chi connectivity index (χ4v) is 3.12. The molecule has 0 saturated carbocycles. The zero-order valence-electron chi connectivity index (χ0n) is 11.8. The molecule has 0 amide bonds. The minimum Gasteiger partial charge on any atom is -0.310 e. The molecule has 0 aromatic carbocycles. The molecule has 2 heterocycles. The predicted molar refractivity (Wildman–Crippen MR) is 73.4 cm³/mol. The summed E-state index contributed by atoms with van der Waals surface area (Å²) in [4.78, 5) is 5.33. The van der Waals surface area contributed by atoms with Gasteiger partial charge in [-0.25, -0.2) is 0 Å². The van der Waals surface area contributed by atoms with Crippen molar-refractivity contribution in [2.24, 2.45) is 0 Å². The van der Waals surface area contributed by atoms with Crippen LogP contribution in [0.15, 0.2) is 0 Å². The van der Waals surface area contributed by atoms with Crippen LogP contribution < -0.4 is 5.32 Å². The first-order valence-corrected chi connectivity index (χ1v) is 7.32. The Bertz CT molecular complexity index is 232. The van der Waals surface area contributed by atoms with Crippen molar-refractivity contribution in [3.63, 3.8) is 0 Å². The van der Waals surface area contributed by atoms with Gasteiger partial charge in [0.1, 0.15) is 0 Å². The van der Waals surface area contributed by atoms with E-state index in [4.69, 9.17) is 0 Å². The highest BCUT2D eigenvalue weighted by Crippen LogP contribution is 2.23. The highest BCUT2D eigenvalue weighted by molar-refractivity contribution is 4.95. The Balaban J connectivity index is 1.72. The predicted octanol–water partition coefficient (Wildman–Crippen LogP) is 1.54. The lowest BCUT2D eigenvalue weighted by Crippen LogP contribution is -2.51. The zero-order chi connectivity index (χ0) is 12.3. The van der Waals surface area contributed by atoms with Crippen molar-refractivity contribution in [1.82, 2.24) is 15.1 Å². The second-order valence-electron chi connectivity index (χ2n) is 6.35. The lowest BCUT2D eigenvalue weighted by Gasteiger charge is -2.38. The smallest absolute Gasteiger partial charge is 0.0239 e. The molecule has 0 aromatic rings. The number of nitrogens with zero attached hydrogens (tertiary/aromatic N) is 2. The molecule has 17 heavy (non-hydrogen) atoms. The Morgan fingerprint density at radius 2 is 1.88 bits per heavy atom. The molecule has 0 bridgehead atoms. The third-order valence-electron chi connectivity index (χ3n) is 4.31. The molecule has 2 aliphatic rings. The quantitative estimate of drug-likeness (QED) is 0.803. The molecule has 3 nitrogen and oxygen atoms in total. The first kappa shape index (κ1) is 13.3. The van der Waals surface area contributed by atoms with Gasteiger partial charge < -0.3 is 10.2 Å². The molecule has 2 fully saturated rings. The maximum absolute atomic E-state index is 3.63. The third kappa shape index (κ3) is 3.67. The van der Waals surface area contributed by atoms with Crippen LogP contribution in [0.5, 0.6) is 0 Å². The van der Waals surface area contributed by atoms with Crippen LogP contribution in [-0.4, -0.2) is 60.6 Å². The summed E-state index contributed by atoms with van der Waals surface area (Å²) in [5, 5.41) is 3.63. The van der Waals surface area contributed by atoms with Gasteiger partial charge in [-0.3, -0.25) is 4.90 Å². The number of hydrogen-bond donors (Lipinski definition) is 1. The first-order chi connectivity index (χ1) is 8.11. The summed E-state index contributed by atoms with van der Waals surface area (Å²) in [6.45, 7) is 14.5. The minimum absolute atomic E-state index is 0.351. The molecular formula is C14H29N3. The molecule has 0 spiro atoms. The molecule has 3 heteroatoms. The Hall–Kier alpha value is -0.120. The summed E-state index contributed by atoms with van der Waals surface area (Å²) in [6, 6.07) is 0.776. The van der Waals surface area contributed by atoms with Gasteiger partial charge in [0.2, 0.25) is 0 Å². The highest BCUT2D eigenvalue weighted by Gasteiger charge is 2.34. The van der Waals surface area contributed by atoms with Gasteiger partial charge in [0, 0.05) is 44.3 Å². The number of hydrogen-bond acceptors (Lipinski definition) is 3. The number of piperazine rings is 1. The van der Waals surface area contributed by atoms with E-state index >= 15 is 0 Å². The summed E-state index contributed by atoms with van der Waals surface area (Å²) in [6.07, 6.45) is 3.99. The maximum Gasteiger partial charge on any atom is 0.0239 e. The lowest BCUT2D eigenvalue weighted by molar-refractivity contribution is 0.0994. The highest BCUT2D eigenvalue weighted by atomic mass is 15.3. The van der Waals surface area contributed by atoms with Crippen LogP contribution in [-0.2, 0) is 0 Å². The molecule has 2 rings (SSSR count). The second kappa shape index (κ2) is 5.68. The average Bonchev–Trinajstić information content (AvgIpc) is 2.68. The van der Waals surface area contributed by atoms with Gasteiger partial charge in [-0.2, -0.15) is 0 Å². The molecule has 2 saturated heterocycles. The van der Waals surface area contributed by atoms with E-state index in [1.165, 1.54) is 58.5 Å². The molecular weight excluding hydrogens is 210 g/mol. The van der Waals surface area contributed by atoms with Gasteiger partial charge in [0.15, 0.2) is 0 Å². The Kier molecular flexibility index (Phi) is 4.45. The summed E-state index contributed by atoms with van der Waals surface area (Å²) in [5.41, 5.74) is 0.351. The van der Waals surface area contributed by atoms with E-state index < -0.39 is 0 Å². The van der Waals surface area contributed by atoms with Gasteiger partial charge in [-0.05, 0) is 33.2 Å². The van der Waals surface area contributed by atoms with Crippen molar-refractivity contribution in [2.75, 3.05) is 39.3 Å². The molecule has 100 valence electrons. The summed E-state index contributed by atoms with van der Waals surface area (Å²) >= 11 is 0. The summed E-state index contributed by atoms with van der Waals surface area (Å²) < 4.78 is 0. The monoisotopic (exact) mass is 239 g/mol. The van der Waals surface area contributed by atoms with Crippen molar-refractivity contribution in [2.45, 2.75) is 51.6 Å². The average molecular weight is 239 g/mol. The van der Waals surface area contributed by atoms with Gasteiger partial charge in [-0.15, -0.1) is 0 Å². The van der Waals surface area contributed by atoms with E-state index in [1.54, 1.807) is 0 Å². The van der Waals surface area contributed by atoms with E-state index in [0.29, 0.717) is 5.54 Å². The van der Waals surface area contributed by atoms with Gasteiger partial charge in [0.05, 0.1) is 0 Å². The Labute approximate surface area is 107 Å². The molecule has 0 aliphatic carbocycles. The second-order valence-corrected chi connectivity index (χ2v) is 6.35. The largest absolute Gasteiger partial charge is 0.310 e. The molecule has 2 aliphatic heterocycles. The normalized spacial score (nSPS) is 30.9. The van der Waals surface area contributed by atoms with Crippen molar-refractivity contribution >= 4 is 0 Å². The fourth-order valence-electron chi connectivity index (χ4n) is 3.12. The van der Waals surface area contributed by atoms with Crippen LogP contribution in [0.2, 0.25) is 0 Å². The zero-order valence-corrected chi connectivity index (χ0v) is 11.8. The van der Waals surface area contributed by atoms with Crippen LogP contribution in [0.4, 0.5) is 0 Å². The van der Waals surface area contributed by atoms with E-state index in [2.05, 4.69) is 35.9 Å². The third-order valence-corrected chi connectivity index (χ3v) is 4.31. The maximum atomic E-state index is 3.63. The van der Waals surface area contributed by atoms with E-state index in [9.17, 15) is 0 Å². The van der Waals surface area contributed by atoms with Crippen molar-refractivity contribution in [3.05, 3.63) is 0 Å². The molecule has 1 N–H and O–H groups in total. The first-order valence-electron chi connectivity index (χ1n) is 7.32. The Morgan fingerprint density at radius 3 is 2.41 bits per heavy atom. The standard InChI is InChI=1S/C14H29N3/c1-4-5-6-16-7-9-17(10-8-16)13-11-14(2,3)15-12-13/h13,15H,4-12H2,1-3H3. The topological polar surface area (TPSA) is 18.5 Å². The van der Waals surface area contributed by atoms with Crippen LogP contribution in [0.3, 0.4) is 0 Å². The van der Waals surface area contributed by atoms with Crippen LogP contribution in [0.1, 0.15) is 40.0 Å². The van der Waals surface area contributed by atoms with Gasteiger partial charge in [-0.1, -0.05) is 13.3 Å². The molecule has 0 radical (unpaired) electrons. The lowest BCUT2D eigenvalue weighted by atomic mass is 10.0. The van der Waals surface area contributed by atoms with Crippen molar-refractivity contribution in [3.8, 4) is 0 Å². The molecule has 1 atom stereocenters. The fraction of sp³-hybridized carbons (Fsp3) is 1.00. The van der Waals surface area contributed by atoms with Crippen LogP contribution in [0, 0.1) is 0 Å². The SMILES string of the molecule is CCCCN1CCN(C2CNC(C)(C)C2)CC1. The van der Waals surface area contributed by atoms with Crippen LogP contribution in [0.25, 0.3) is 0 Å². The van der Waals surface area contributed by atoms with E-state index in [-0.39, 0.29) is 0 Å². The minimum atomic E-state index is 0.351. The van der Waals surface area contributed by atoms with Crippen LogP contribution >= 0.6 is 0 Å². The van der Waals surface area contributed by atoms with Crippen molar-refractivity contribution < 1.29 is 0 Å². The summed E-state index contributed by atoms with van der Waals surface area (Å²) in [5.74, 6) is 0. The summed E-state index contributed by atoms with van der Waals surface area (Å²) in [7, 11) is 0. The van der Waals surface area contributed by atoms with Crippen molar-refractivity contribution in [1.29, 1.82) is 0 Å². The van der Waals surface area contributed by atoms with E-state index in [1.807, 2.05) is 0 Å². The molecule has 1 unspecified atom stereocenters. The Morgan fingerprint density at radius 1 is 1.18 bits per heavy atom. The molecule has 0 aromatic heterocycles. The number of rotatable bonds is 4. The number of unbranched alkanes of at least 4 members (excludes halogenated alkanes) is 1. The van der Waals surface area contributed by atoms with Gasteiger partial charge in [0.25, 0.3) is 0 Å². The van der Waals surface area contributed by atoms with Gasteiger partial charge >= 0.3 is 0 Å².